The summed E-state index contributed by atoms with van der Waals surface area (Å²) < 4.78 is 0. The fraction of sp³-hybridized carbons (Fsp3) is 0.400. The van der Waals surface area contributed by atoms with Crippen molar-refractivity contribution >= 4 is 29.5 Å². The molecule has 2 heterocycles. The summed E-state index contributed by atoms with van der Waals surface area (Å²) in [5.74, 6) is -2.03. The lowest BCUT2D eigenvalue weighted by Crippen LogP contribution is -2.57. The maximum atomic E-state index is 12.5. The molecule has 0 radical (unpaired) electrons. The number of aliphatic hydroxyl groups is 1. The molecule has 4 atom stereocenters. The van der Waals surface area contributed by atoms with Crippen LogP contribution in [0, 0.1) is 0 Å². The molecule has 23 heavy (non-hydrogen) atoms. The van der Waals surface area contributed by atoms with Crippen LogP contribution in [0.1, 0.15) is 28.2 Å². The lowest BCUT2D eigenvalue weighted by atomic mass is 10.1. The minimum Gasteiger partial charge on any atom is -0.548 e. The van der Waals surface area contributed by atoms with Crippen LogP contribution in [0.3, 0.4) is 0 Å². The quantitative estimate of drug-likeness (QED) is 0.721. The van der Waals surface area contributed by atoms with Crippen LogP contribution in [0.2, 0.25) is 0 Å². The van der Waals surface area contributed by atoms with E-state index in [0.29, 0.717) is 11.3 Å². The summed E-state index contributed by atoms with van der Waals surface area (Å²) in [4.78, 5) is 37.3. The van der Waals surface area contributed by atoms with Gasteiger partial charge < -0.3 is 25.2 Å². The van der Waals surface area contributed by atoms with Gasteiger partial charge >= 0.3 is 0 Å². The fourth-order valence-corrected chi connectivity index (χ4v) is 4.33. The van der Waals surface area contributed by atoms with E-state index in [9.17, 15) is 24.6 Å². The summed E-state index contributed by atoms with van der Waals surface area (Å²) in [5.41, 5.74) is 1.43. The first-order valence-electron chi connectivity index (χ1n) is 7.14. The number of nitrogens with one attached hydrogen (secondary N) is 1. The summed E-state index contributed by atoms with van der Waals surface area (Å²) in [6, 6.07) is 4.88. The number of aliphatic hydroxyl groups excluding tert-OH is 1. The van der Waals surface area contributed by atoms with Crippen LogP contribution in [0.15, 0.2) is 24.3 Å². The van der Waals surface area contributed by atoms with E-state index >= 15 is 0 Å². The Bertz CT molecular complexity index is 678. The minimum absolute atomic E-state index is 0.234. The molecule has 0 saturated carbocycles. The molecule has 122 valence electrons. The Morgan fingerprint density at radius 2 is 2.13 bits per heavy atom. The highest BCUT2D eigenvalue weighted by Gasteiger charge is 2.48. The van der Waals surface area contributed by atoms with Crippen molar-refractivity contribution in [3.63, 3.8) is 0 Å². The maximum absolute atomic E-state index is 12.5. The van der Waals surface area contributed by atoms with Crippen molar-refractivity contribution in [1.82, 2.24) is 10.2 Å². The molecule has 1 saturated heterocycles. The predicted octanol–water partition coefficient (Wildman–Crippen LogP) is -1.13. The molecule has 1 aromatic rings. The summed E-state index contributed by atoms with van der Waals surface area (Å²) in [6.07, 6.45) is -1.29. The third kappa shape index (κ3) is 2.57. The molecule has 0 aromatic heterocycles. The topological polar surface area (TPSA) is 110 Å². The summed E-state index contributed by atoms with van der Waals surface area (Å²) in [5, 5.41) is 22.5. The van der Waals surface area contributed by atoms with Crippen molar-refractivity contribution in [3.05, 3.63) is 35.4 Å². The van der Waals surface area contributed by atoms with E-state index in [4.69, 9.17) is 0 Å². The number of fused-ring (bicyclic) bond motifs is 3. The van der Waals surface area contributed by atoms with E-state index in [1.54, 1.807) is 12.1 Å². The number of carbonyl (C=O) groups excluding carboxylic acids is 3. The number of thioether (sulfide) groups is 1. The molecular weight excluding hydrogens is 320 g/mol. The van der Waals surface area contributed by atoms with E-state index in [-0.39, 0.29) is 11.3 Å². The lowest BCUT2D eigenvalue weighted by Gasteiger charge is -2.27. The molecule has 2 amide bonds. The number of aliphatic carboxylic acids is 1. The van der Waals surface area contributed by atoms with Gasteiger partial charge in [0.25, 0.3) is 5.91 Å². The van der Waals surface area contributed by atoms with E-state index in [2.05, 4.69) is 5.32 Å². The van der Waals surface area contributed by atoms with Crippen LogP contribution in [0.4, 0.5) is 0 Å². The molecule has 0 spiro atoms. The highest BCUT2D eigenvalue weighted by Crippen LogP contribution is 2.48. The van der Waals surface area contributed by atoms with Crippen molar-refractivity contribution in [2.45, 2.75) is 30.5 Å². The molecule has 2 aliphatic rings. The standard InChI is InChI=1S/C15H16N2O5S/c1-7(18)11(15(21)22)16-12(19)10-6-23-14-9-5-3-2-4-8(9)13(20)17(10)14/h2-5,7,10-11,14,18H,6H2,1H3,(H,16,19)(H,21,22)/p-1/t7-,10-,11-,14-/m0/s1. The summed E-state index contributed by atoms with van der Waals surface area (Å²) in [7, 11) is 0. The molecule has 0 aliphatic carbocycles. The summed E-state index contributed by atoms with van der Waals surface area (Å²) in [6.45, 7) is 1.25. The second-order valence-corrected chi connectivity index (χ2v) is 6.66. The second-order valence-electron chi connectivity index (χ2n) is 5.55. The highest BCUT2D eigenvalue weighted by molar-refractivity contribution is 7.99. The van der Waals surface area contributed by atoms with Crippen molar-refractivity contribution in [3.8, 4) is 0 Å². The zero-order valence-electron chi connectivity index (χ0n) is 12.3. The van der Waals surface area contributed by atoms with Crippen LogP contribution in [0.5, 0.6) is 0 Å². The number of nitrogens with zero attached hydrogens (tertiary/aromatic N) is 1. The third-order valence-corrected chi connectivity index (χ3v) is 5.33. The molecule has 1 aromatic carbocycles. The van der Waals surface area contributed by atoms with E-state index in [1.807, 2.05) is 12.1 Å². The van der Waals surface area contributed by atoms with Crippen LogP contribution < -0.4 is 10.4 Å². The van der Waals surface area contributed by atoms with Crippen LogP contribution in [-0.4, -0.2) is 51.7 Å². The van der Waals surface area contributed by atoms with Gasteiger partial charge in [0.2, 0.25) is 5.91 Å². The zero-order valence-corrected chi connectivity index (χ0v) is 13.1. The van der Waals surface area contributed by atoms with Crippen molar-refractivity contribution in [2.75, 3.05) is 5.75 Å². The van der Waals surface area contributed by atoms with Crippen molar-refractivity contribution in [2.24, 2.45) is 0 Å². The minimum atomic E-state index is -1.56. The first-order valence-corrected chi connectivity index (χ1v) is 8.19. The smallest absolute Gasteiger partial charge is 0.256 e. The molecule has 7 nitrogen and oxygen atoms in total. The summed E-state index contributed by atoms with van der Waals surface area (Å²) >= 11 is 1.46. The van der Waals surface area contributed by atoms with Crippen molar-refractivity contribution in [1.29, 1.82) is 0 Å². The average molecular weight is 335 g/mol. The van der Waals surface area contributed by atoms with Gasteiger partial charge in [-0.2, -0.15) is 0 Å². The van der Waals surface area contributed by atoms with Crippen molar-refractivity contribution < 1.29 is 24.6 Å². The number of carboxylic acids is 1. The Labute approximate surface area is 136 Å². The molecular formula is C15H15N2O5S-. The Morgan fingerprint density at radius 3 is 2.78 bits per heavy atom. The first kappa shape index (κ1) is 15.8. The Hall–Kier alpha value is -2.06. The van der Waals surface area contributed by atoms with Gasteiger partial charge in [0.1, 0.15) is 11.4 Å². The monoisotopic (exact) mass is 335 g/mol. The molecule has 1 fully saturated rings. The number of benzene rings is 1. The van der Waals surface area contributed by atoms with Gasteiger partial charge in [0, 0.05) is 11.3 Å². The molecule has 0 unspecified atom stereocenters. The highest BCUT2D eigenvalue weighted by atomic mass is 32.2. The SMILES string of the molecule is C[C@H](O)[C@H](NC(=O)[C@@H]1CS[C@H]2c3ccccc3C(=O)N12)C(=O)[O-]. The number of carbonyl (C=O) groups is 3. The van der Waals surface area contributed by atoms with Crippen LogP contribution >= 0.6 is 11.8 Å². The molecule has 0 bridgehead atoms. The first-order chi connectivity index (χ1) is 10.9. The van der Waals surface area contributed by atoms with Crippen LogP contribution in [0.25, 0.3) is 0 Å². The predicted molar refractivity (Wildman–Crippen MR) is 80.2 cm³/mol. The third-order valence-electron chi connectivity index (χ3n) is 4.03. The Morgan fingerprint density at radius 1 is 1.43 bits per heavy atom. The van der Waals surface area contributed by atoms with E-state index in [1.165, 1.54) is 23.6 Å². The fourth-order valence-electron chi connectivity index (χ4n) is 2.87. The van der Waals surface area contributed by atoms with E-state index in [0.717, 1.165) is 5.56 Å². The number of amides is 2. The Kier molecular flexibility index (Phi) is 4.03. The molecule has 2 N–H and O–H groups in total. The van der Waals surface area contributed by atoms with Gasteiger partial charge in [0.15, 0.2) is 0 Å². The zero-order chi connectivity index (χ0) is 16.7. The molecule has 2 aliphatic heterocycles. The van der Waals surface area contributed by atoms with Gasteiger partial charge in [-0.05, 0) is 18.6 Å². The lowest BCUT2D eigenvalue weighted by molar-refractivity contribution is -0.310. The van der Waals surface area contributed by atoms with Gasteiger partial charge in [-0.25, -0.2) is 0 Å². The number of rotatable bonds is 4. The number of carboxylic acid groups (broad SMARTS) is 1. The number of hydrogen-bond donors (Lipinski definition) is 2. The van der Waals surface area contributed by atoms with Gasteiger partial charge in [-0.15, -0.1) is 11.8 Å². The van der Waals surface area contributed by atoms with E-state index < -0.39 is 30.1 Å². The normalized spacial score (nSPS) is 24.8. The average Bonchev–Trinajstić information content (AvgIpc) is 3.05. The second kappa shape index (κ2) is 5.86. The molecule has 3 rings (SSSR count). The van der Waals surface area contributed by atoms with Crippen LogP contribution in [-0.2, 0) is 9.59 Å². The largest absolute Gasteiger partial charge is 0.548 e. The van der Waals surface area contributed by atoms with Gasteiger partial charge in [0.05, 0.1) is 18.1 Å². The van der Waals surface area contributed by atoms with Gasteiger partial charge in [-0.1, -0.05) is 18.2 Å². The Balaban J connectivity index is 1.80. The molecule has 8 heteroatoms. The van der Waals surface area contributed by atoms with Gasteiger partial charge in [-0.3, -0.25) is 9.59 Å². The maximum Gasteiger partial charge on any atom is 0.256 e. The number of hydrogen-bond acceptors (Lipinski definition) is 6.